The van der Waals surface area contributed by atoms with Crippen molar-refractivity contribution in [1.29, 1.82) is 0 Å². The molecule has 0 bridgehead atoms. The molecular weight excluding hydrogens is 300 g/mol. The summed E-state index contributed by atoms with van der Waals surface area (Å²) in [6, 6.07) is 1.44. The molecule has 1 atom stereocenters. The molecule has 1 fully saturated rings. The van der Waals surface area contributed by atoms with Crippen LogP contribution in [-0.4, -0.2) is 28.5 Å². The molecule has 2 heterocycles. The average molecular weight is 311 g/mol. The Balaban J connectivity index is 2.32. The smallest absolute Gasteiger partial charge is 0.337 e. The third kappa shape index (κ3) is 2.28. The number of aromatic carboxylic acids is 1. The summed E-state index contributed by atoms with van der Waals surface area (Å²) in [5.41, 5.74) is 0.0811. The topological polar surface area (TPSA) is 70.5 Å². The Labute approximate surface area is 112 Å². The fourth-order valence-corrected chi connectivity index (χ4v) is 2.41. The largest absolute Gasteiger partial charge is 0.478 e. The number of amides is 1. The van der Waals surface area contributed by atoms with E-state index in [1.165, 1.54) is 12.3 Å². The molecule has 0 aliphatic carbocycles. The number of carbonyl (C=O) groups excluding carboxylic acids is 1. The van der Waals surface area contributed by atoms with E-state index in [0.717, 1.165) is 0 Å². The first-order valence-corrected chi connectivity index (χ1v) is 6.14. The van der Waals surface area contributed by atoms with Crippen molar-refractivity contribution >= 4 is 33.6 Å². The van der Waals surface area contributed by atoms with Gasteiger partial charge in [0, 0.05) is 25.1 Å². The molecule has 0 saturated carbocycles. The second-order valence-corrected chi connectivity index (χ2v) is 4.89. The van der Waals surface area contributed by atoms with Gasteiger partial charge in [0.15, 0.2) is 0 Å². The summed E-state index contributed by atoms with van der Waals surface area (Å²) < 4.78 is 0.500. The molecule has 1 N–H and O–H groups in total. The van der Waals surface area contributed by atoms with Crippen LogP contribution in [0.25, 0.3) is 0 Å². The van der Waals surface area contributed by atoms with Gasteiger partial charge < -0.3 is 5.11 Å². The van der Waals surface area contributed by atoms with E-state index in [2.05, 4.69) is 27.5 Å². The molecule has 94 valence electrons. The van der Waals surface area contributed by atoms with Crippen LogP contribution in [0.5, 0.6) is 0 Å². The number of carboxylic acids is 1. The van der Waals surface area contributed by atoms with E-state index in [-0.39, 0.29) is 17.4 Å². The number of hydrogen-bond acceptors (Lipinski definition) is 3. The molecule has 2 rings (SSSR count). The van der Waals surface area contributed by atoms with Gasteiger partial charge in [-0.25, -0.2) is 9.78 Å². The first-order chi connectivity index (χ1) is 8.52. The molecule has 1 aromatic rings. The molecule has 1 aliphatic heterocycles. The number of carboxylic acid groups (broad SMARTS) is 1. The average Bonchev–Trinajstić information content (AvgIpc) is 2.70. The Bertz CT molecular complexity index is 530. The van der Waals surface area contributed by atoms with Crippen LogP contribution in [0.15, 0.2) is 29.4 Å². The Kier molecular flexibility index (Phi) is 3.47. The lowest BCUT2D eigenvalue weighted by Gasteiger charge is -2.16. The summed E-state index contributed by atoms with van der Waals surface area (Å²) in [6.45, 7) is 4.20. The number of hydrogen-bond donors (Lipinski definition) is 1. The lowest BCUT2D eigenvalue weighted by molar-refractivity contribution is -0.117. The van der Waals surface area contributed by atoms with E-state index < -0.39 is 5.97 Å². The fourth-order valence-electron chi connectivity index (χ4n) is 1.84. The summed E-state index contributed by atoms with van der Waals surface area (Å²) in [7, 11) is 0. The molecule has 1 saturated heterocycles. The molecule has 1 unspecified atom stereocenters. The number of anilines is 1. The van der Waals surface area contributed by atoms with Crippen LogP contribution >= 0.6 is 15.9 Å². The van der Waals surface area contributed by atoms with Gasteiger partial charge in [0.2, 0.25) is 5.91 Å². The summed E-state index contributed by atoms with van der Waals surface area (Å²) >= 11 is 3.25. The number of pyridine rings is 1. The van der Waals surface area contributed by atoms with E-state index in [4.69, 9.17) is 5.11 Å². The molecule has 0 aromatic carbocycles. The summed E-state index contributed by atoms with van der Waals surface area (Å²) in [4.78, 5) is 28.2. The molecule has 6 heteroatoms. The normalized spacial score (nSPS) is 19.1. The quantitative estimate of drug-likeness (QED) is 0.868. The van der Waals surface area contributed by atoms with Crippen molar-refractivity contribution in [3.05, 3.63) is 35.0 Å². The van der Waals surface area contributed by atoms with Crippen LogP contribution in [0.4, 0.5) is 5.82 Å². The first-order valence-electron chi connectivity index (χ1n) is 5.34. The van der Waals surface area contributed by atoms with Crippen molar-refractivity contribution < 1.29 is 14.7 Å². The Morgan fingerprint density at radius 1 is 1.67 bits per heavy atom. The molecule has 1 aromatic heterocycles. The van der Waals surface area contributed by atoms with Crippen molar-refractivity contribution in [3.63, 3.8) is 0 Å². The third-order valence-corrected chi connectivity index (χ3v) is 3.40. The summed E-state index contributed by atoms with van der Waals surface area (Å²) in [5, 5.41) is 8.84. The number of rotatable bonds is 3. The van der Waals surface area contributed by atoms with Crippen LogP contribution in [0, 0.1) is 5.92 Å². The lowest BCUT2D eigenvalue weighted by atomic mass is 10.1. The van der Waals surface area contributed by atoms with Crippen LogP contribution in [-0.2, 0) is 4.79 Å². The van der Waals surface area contributed by atoms with Crippen LogP contribution in [0.2, 0.25) is 0 Å². The Hall–Kier alpha value is -1.69. The highest BCUT2D eigenvalue weighted by Gasteiger charge is 2.30. The predicted octanol–water partition coefficient (Wildman–Crippen LogP) is 2.08. The van der Waals surface area contributed by atoms with Crippen molar-refractivity contribution in [1.82, 2.24) is 4.98 Å². The van der Waals surface area contributed by atoms with Crippen molar-refractivity contribution in [2.45, 2.75) is 6.42 Å². The Morgan fingerprint density at radius 3 is 2.89 bits per heavy atom. The lowest BCUT2D eigenvalue weighted by Crippen LogP contribution is -2.26. The number of nitrogens with zero attached hydrogens (tertiary/aromatic N) is 2. The second kappa shape index (κ2) is 4.89. The van der Waals surface area contributed by atoms with Gasteiger partial charge in [0.25, 0.3) is 0 Å². The highest BCUT2D eigenvalue weighted by atomic mass is 79.9. The number of aromatic nitrogens is 1. The van der Waals surface area contributed by atoms with E-state index in [1.807, 2.05) is 0 Å². The minimum atomic E-state index is -1.05. The standard InChI is InChI=1S/C12H11BrN2O3/c1-2-7-3-10(16)15(6-7)11-9(13)4-8(5-14-11)12(17)18/h2,4-5,7H,1,3,6H2,(H,17,18). The van der Waals surface area contributed by atoms with E-state index in [0.29, 0.717) is 23.3 Å². The highest BCUT2D eigenvalue weighted by molar-refractivity contribution is 9.10. The zero-order chi connectivity index (χ0) is 13.3. The van der Waals surface area contributed by atoms with Gasteiger partial charge in [-0.15, -0.1) is 6.58 Å². The third-order valence-electron chi connectivity index (χ3n) is 2.81. The van der Waals surface area contributed by atoms with Crippen molar-refractivity contribution in [2.75, 3.05) is 11.4 Å². The van der Waals surface area contributed by atoms with Gasteiger partial charge in [-0.2, -0.15) is 0 Å². The number of carbonyl (C=O) groups is 2. The fraction of sp³-hybridized carbons (Fsp3) is 0.250. The maximum Gasteiger partial charge on any atom is 0.337 e. The molecule has 5 nitrogen and oxygen atoms in total. The molecule has 1 amide bonds. The van der Waals surface area contributed by atoms with Crippen LogP contribution in [0.3, 0.4) is 0 Å². The van der Waals surface area contributed by atoms with E-state index in [1.54, 1.807) is 11.0 Å². The predicted molar refractivity (Wildman–Crippen MR) is 69.6 cm³/mol. The molecule has 0 spiro atoms. The minimum absolute atomic E-state index is 0.0313. The second-order valence-electron chi connectivity index (χ2n) is 4.04. The maximum absolute atomic E-state index is 11.8. The SMILES string of the molecule is C=CC1CC(=O)N(c2ncc(C(=O)O)cc2Br)C1. The zero-order valence-corrected chi connectivity index (χ0v) is 11.1. The van der Waals surface area contributed by atoms with Gasteiger partial charge in [0.05, 0.1) is 10.0 Å². The molecular formula is C12H11BrN2O3. The molecule has 18 heavy (non-hydrogen) atoms. The van der Waals surface area contributed by atoms with E-state index in [9.17, 15) is 9.59 Å². The summed E-state index contributed by atoms with van der Waals surface area (Å²) in [6.07, 6.45) is 3.41. The highest BCUT2D eigenvalue weighted by Crippen LogP contribution is 2.30. The van der Waals surface area contributed by atoms with Crippen LogP contribution in [0.1, 0.15) is 16.8 Å². The Morgan fingerprint density at radius 2 is 2.39 bits per heavy atom. The van der Waals surface area contributed by atoms with E-state index >= 15 is 0 Å². The van der Waals surface area contributed by atoms with Crippen LogP contribution < -0.4 is 4.90 Å². The molecule has 1 aliphatic rings. The van der Waals surface area contributed by atoms with Gasteiger partial charge >= 0.3 is 5.97 Å². The van der Waals surface area contributed by atoms with Gasteiger partial charge in [-0.3, -0.25) is 9.69 Å². The first kappa shape index (κ1) is 12.8. The maximum atomic E-state index is 11.8. The monoisotopic (exact) mass is 310 g/mol. The van der Waals surface area contributed by atoms with Gasteiger partial charge in [0.1, 0.15) is 5.82 Å². The number of halogens is 1. The van der Waals surface area contributed by atoms with Gasteiger partial charge in [-0.1, -0.05) is 6.08 Å². The minimum Gasteiger partial charge on any atom is -0.478 e. The van der Waals surface area contributed by atoms with Crippen molar-refractivity contribution in [2.24, 2.45) is 5.92 Å². The molecule has 0 radical (unpaired) electrons. The van der Waals surface area contributed by atoms with Gasteiger partial charge in [-0.05, 0) is 22.0 Å². The zero-order valence-electron chi connectivity index (χ0n) is 9.47. The summed E-state index contributed by atoms with van der Waals surface area (Å²) in [5.74, 6) is -0.512. The van der Waals surface area contributed by atoms with Crippen molar-refractivity contribution in [3.8, 4) is 0 Å².